The molecule has 0 spiro atoms. The highest BCUT2D eigenvalue weighted by molar-refractivity contribution is 7.90. The van der Waals surface area contributed by atoms with Gasteiger partial charge in [0.1, 0.15) is 24.7 Å². The monoisotopic (exact) mass is 1030 g/mol. The van der Waals surface area contributed by atoms with Gasteiger partial charge < -0.3 is 29.5 Å². The third-order valence-corrected chi connectivity index (χ3v) is 13.1. The van der Waals surface area contributed by atoms with Gasteiger partial charge >= 0.3 is 32.4 Å². The highest BCUT2D eigenvalue weighted by Gasteiger charge is 2.38. The van der Waals surface area contributed by atoms with Gasteiger partial charge in [0.05, 0.1) is 50.9 Å². The molecule has 0 saturated heterocycles. The molecule has 0 aliphatic carbocycles. The van der Waals surface area contributed by atoms with Gasteiger partial charge in [0.25, 0.3) is 11.8 Å². The van der Waals surface area contributed by atoms with E-state index in [2.05, 4.69) is 20.4 Å². The van der Waals surface area contributed by atoms with Crippen molar-refractivity contribution in [3.63, 3.8) is 0 Å². The summed E-state index contributed by atoms with van der Waals surface area (Å²) in [6.45, 7) is -4.42. The second-order valence-corrected chi connectivity index (χ2v) is 18.8. The predicted molar refractivity (Wildman–Crippen MR) is 219 cm³/mol. The lowest BCUT2D eigenvalue weighted by Gasteiger charge is -2.24. The van der Waals surface area contributed by atoms with Crippen molar-refractivity contribution in [3.8, 4) is 0 Å². The van der Waals surface area contributed by atoms with E-state index >= 15 is 0 Å². The van der Waals surface area contributed by atoms with Crippen LogP contribution in [0, 0.1) is 11.6 Å². The Labute approximate surface area is 390 Å². The van der Waals surface area contributed by atoms with Crippen molar-refractivity contribution < 1.29 is 81.2 Å². The number of hydrogen-bond donors (Lipinski definition) is 2. The fourth-order valence-electron chi connectivity index (χ4n) is 7.15. The molecule has 30 heteroatoms. The zero-order chi connectivity index (χ0) is 50.8. The number of carbonyl (C=O) groups excluding carboxylic acids is 2. The first-order valence-corrected chi connectivity index (χ1v) is 23.2. The van der Waals surface area contributed by atoms with Crippen LogP contribution in [0.25, 0.3) is 0 Å². The zero-order valence-electron chi connectivity index (χ0n) is 35.8. The number of fused-ring (bicyclic) bond motifs is 2. The molecule has 0 fully saturated rings. The SMILES string of the molecule is O=C([C@@H](OCCO)c1ccccc1F)N1Cc2cn(S(=O)(=O)c3ccn(CC(F)(F)F)n3)nc2C1.O=C([C@H](OCCO)c1ccccc1F)N1Cc2cn(S(=O)(=O)c3ccn(CC(F)(F)F)n3)nc2C1. The first kappa shape index (κ1) is 51.3. The van der Waals surface area contributed by atoms with Gasteiger partial charge in [-0.1, -0.05) is 36.4 Å². The van der Waals surface area contributed by atoms with Crippen LogP contribution in [0.5, 0.6) is 0 Å². The Bertz CT molecular complexity index is 2830. The summed E-state index contributed by atoms with van der Waals surface area (Å²) in [6.07, 6.45) is -7.72. The Morgan fingerprint density at radius 2 is 0.957 bits per heavy atom. The van der Waals surface area contributed by atoms with Crippen LogP contribution >= 0.6 is 0 Å². The fraction of sp³-hybridized carbons (Fsp3) is 0.350. The fourth-order valence-corrected chi connectivity index (χ4v) is 9.35. The number of halogens is 8. The molecule has 4 aromatic heterocycles. The molecule has 6 heterocycles. The number of rotatable bonds is 16. The molecule has 0 radical (unpaired) electrons. The van der Waals surface area contributed by atoms with Crippen LogP contribution < -0.4 is 0 Å². The maximum Gasteiger partial charge on any atom is 0.408 e. The smallest absolute Gasteiger partial charge is 0.394 e. The van der Waals surface area contributed by atoms with E-state index in [4.69, 9.17) is 19.7 Å². The lowest BCUT2D eigenvalue weighted by molar-refractivity contribution is -0.146. The second-order valence-electron chi connectivity index (χ2n) is 15.3. The van der Waals surface area contributed by atoms with Crippen molar-refractivity contribution in [2.24, 2.45) is 0 Å². The summed E-state index contributed by atoms with van der Waals surface area (Å²) in [5.41, 5.74) is 1.21. The normalized spacial score (nSPS) is 14.8. The second kappa shape index (κ2) is 20.4. The van der Waals surface area contributed by atoms with E-state index in [-0.39, 0.29) is 75.1 Å². The first-order valence-electron chi connectivity index (χ1n) is 20.4. The van der Waals surface area contributed by atoms with E-state index in [0.29, 0.717) is 28.7 Å². The topological polar surface area (TPSA) is 239 Å². The van der Waals surface area contributed by atoms with Crippen molar-refractivity contribution in [3.05, 3.63) is 131 Å². The average Bonchev–Trinajstić information content (AvgIpc) is 4.15. The third-order valence-electron chi connectivity index (χ3n) is 10.3. The minimum Gasteiger partial charge on any atom is -0.394 e. The van der Waals surface area contributed by atoms with Crippen LogP contribution in [-0.4, -0.2) is 125 Å². The predicted octanol–water partition coefficient (Wildman–Crippen LogP) is 3.22. The van der Waals surface area contributed by atoms with Gasteiger partial charge in [0.15, 0.2) is 22.3 Å². The summed E-state index contributed by atoms with van der Waals surface area (Å²) in [5, 5.41) is 31.8. The van der Waals surface area contributed by atoms with Gasteiger partial charge in [-0.15, -0.1) is 0 Å². The number of aliphatic hydroxyl groups excluding tert-OH is 2. The molecule has 376 valence electrons. The summed E-state index contributed by atoms with van der Waals surface area (Å²) in [6, 6.07) is 12.9. The lowest BCUT2D eigenvalue weighted by atomic mass is 10.1. The molecule has 0 saturated carbocycles. The van der Waals surface area contributed by atoms with Gasteiger partial charge in [-0.25, -0.2) is 8.78 Å². The molecule has 2 aliphatic rings. The maximum atomic E-state index is 14.3. The standard InChI is InChI=1S/2C20H19F4N5O5S/c2*21-15-4-2-1-3-14(15)18(34-8-7-30)19(31)27-9-13-10-29(25-16(13)11-27)35(32,33)17-5-6-28(26-17)12-20(22,23)24/h2*1-6,10,18,30H,7-9,11-12H2/t2*18-/m10/s1. The number of aliphatic hydroxyl groups is 2. The van der Waals surface area contributed by atoms with E-state index in [0.717, 1.165) is 36.9 Å². The molecule has 0 bridgehead atoms. The Morgan fingerprint density at radius 1 is 0.586 bits per heavy atom. The molecule has 0 unspecified atom stereocenters. The minimum absolute atomic E-state index is 0.0161. The average molecular weight is 1030 g/mol. The Hall–Kier alpha value is -6.60. The van der Waals surface area contributed by atoms with Gasteiger partial charge in [-0.05, 0) is 24.3 Å². The molecule has 2 aliphatic heterocycles. The van der Waals surface area contributed by atoms with Crippen LogP contribution in [0.3, 0.4) is 0 Å². The molecule has 2 N–H and O–H groups in total. The van der Waals surface area contributed by atoms with E-state index in [1.807, 2.05) is 0 Å². The third kappa shape index (κ3) is 11.5. The molecule has 2 aromatic carbocycles. The highest BCUT2D eigenvalue weighted by atomic mass is 32.2. The van der Waals surface area contributed by atoms with Gasteiger partial charge in [-0.2, -0.15) is 71.7 Å². The zero-order valence-corrected chi connectivity index (χ0v) is 37.4. The highest BCUT2D eigenvalue weighted by Crippen LogP contribution is 2.32. The molecule has 6 aromatic rings. The van der Waals surface area contributed by atoms with E-state index < -0.39 is 91.2 Å². The molecular weight excluding hydrogens is 997 g/mol. The van der Waals surface area contributed by atoms with E-state index in [1.54, 1.807) is 0 Å². The molecule has 70 heavy (non-hydrogen) atoms. The largest absolute Gasteiger partial charge is 0.408 e. The van der Waals surface area contributed by atoms with Crippen LogP contribution in [-0.2, 0) is 78.4 Å². The first-order chi connectivity index (χ1) is 33.0. The number of aromatic nitrogens is 8. The number of alkyl halides is 6. The van der Waals surface area contributed by atoms with Crippen LogP contribution in [0.2, 0.25) is 0 Å². The Morgan fingerprint density at radius 3 is 1.29 bits per heavy atom. The molecule has 8 rings (SSSR count). The number of amides is 2. The van der Waals surface area contributed by atoms with Crippen LogP contribution in [0.4, 0.5) is 35.1 Å². The Balaban J connectivity index is 0.000000206. The lowest BCUT2D eigenvalue weighted by Crippen LogP contribution is -2.33. The summed E-state index contributed by atoms with van der Waals surface area (Å²) >= 11 is 0. The van der Waals surface area contributed by atoms with Gasteiger partial charge in [0.2, 0.25) is 0 Å². The number of benzene rings is 2. The molecule has 2 atom stereocenters. The molecule has 2 amide bonds. The van der Waals surface area contributed by atoms with Crippen molar-refractivity contribution >= 4 is 31.9 Å². The number of carbonyl (C=O) groups is 2. The van der Waals surface area contributed by atoms with Crippen LogP contribution in [0.15, 0.2) is 95.5 Å². The van der Waals surface area contributed by atoms with E-state index in [1.165, 1.54) is 58.3 Å². The van der Waals surface area contributed by atoms with Gasteiger partial charge in [0, 0.05) is 60.1 Å². The summed E-state index contributed by atoms with van der Waals surface area (Å²) in [4.78, 5) is 28.8. The van der Waals surface area contributed by atoms with Crippen molar-refractivity contribution in [2.45, 2.75) is 73.9 Å². The number of ether oxygens (including phenoxy) is 2. The van der Waals surface area contributed by atoms with Gasteiger partial charge in [-0.3, -0.25) is 19.0 Å². The van der Waals surface area contributed by atoms with Crippen molar-refractivity contribution in [1.29, 1.82) is 0 Å². The maximum absolute atomic E-state index is 14.3. The van der Waals surface area contributed by atoms with Crippen molar-refractivity contribution in [2.75, 3.05) is 26.4 Å². The number of hydrogen-bond acceptors (Lipinski definition) is 14. The molecule has 20 nitrogen and oxygen atoms in total. The summed E-state index contributed by atoms with van der Waals surface area (Å²) in [5.74, 6) is -2.55. The molecular formula is C40H38F8N10O10S2. The van der Waals surface area contributed by atoms with Crippen LogP contribution in [0.1, 0.15) is 45.8 Å². The summed E-state index contributed by atoms with van der Waals surface area (Å²) in [7, 11) is -8.73. The number of nitrogens with zero attached hydrogens (tertiary/aromatic N) is 10. The Kier molecular flexibility index (Phi) is 14.9. The summed E-state index contributed by atoms with van der Waals surface area (Å²) < 4.78 is 168. The quantitative estimate of drug-likeness (QED) is 0.133. The van der Waals surface area contributed by atoms with E-state index in [9.17, 15) is 61.5 Å². The minimum atomic E-state index is -4.57. The van der Waals surface area contributed by atoms with Crippen molar-refractivity contribution in [1.82, 2.24) is 47.7 Å².